The maximum absolute atomic E-state index is 9.86. The van der Waals surface area contributed by atoms with Gasteiger partial charge in [-0.2, -0.15) is 11.1 Å². The SMILES string of the molecule is C[Si](C)(Cl)CCCC=O. The molecule has 3 heteroatoms. The molecule has 0 atom stereocenters. The zero-order valence-corrected chi connectivity index (χ0v) is 7.74. The molecule has 0 aromatic carbocycles. The largest absolute Gasteiger partial charge is 0.303 e. The molecule has 0 amide bonds. The number of unbranched alkanes of at least 4 members (excludes halogenated alkanes) is 1. The molecule has 9 heavy (non-hydrogen) atoms. The van der Waals surface area contributed by atoms with Gasteiger partial charge in [-0.1, -0.05) is 13.1 Å². The predicted octanol–water partition coefficient (Wildman–Crippen LogP) is 2.41. The number of hydrogen-bond donors (Lipinski definition) is 0. The minimum absolute atomic E-state index is 0.670. The molecular formula is C6H13ClOSi. The van der Waals surface area contributed by atoms with Crippen molar-refractivity contribution in [3.8, 4) is 0 Å². The summed E-state index contributed by atoms with van der Waals surface area (Å²) in [5, 5.41) is 0. The molecule has 0 fully saturated rings. The van der Waals surface area contributed by atoms with Gasteiger partial charge < -0.3 is 4.79 Å². The second-order valence-corrected chi connectivity index (χ2v) is 9.78. The van der Waals surface area contributed by atoms with Gasteiger partial charge in [0.1, 0.15) is 6.29 Å². The lowest BCUT2D eigenvalue weighted by Gasteiger charge is -2.09. The average Bonchev–Trinajstić information content (AvgIpc) is 1.63. The Morgan fingerprint density at radius 2 is 2.11 bits per heavy atom. The molecule has 54 valence electrons. The van der Waals surface area contributed by atoms with E-state index in [4.69, 9.17) is 11.1 Å². The molecule has 0 aromatic heterocycles. The van der Waals surface area contributed by atoms with Gasteiger partial charge >= 0.3 is 0 Å². The first-order chi connectivity index (χ1) is 4.06. The average molecular weight is 165 g/mol. The second-order valence-electron chi connectivity index (χ2n) is 2.78. The van der Waals surface area contributed by atoms with Crippen molar-refractivity contribution in [2.45, 2.75) is 32.0 Å². The van der Waals surface area contributed by atoms with E-state index in [1.807, 2.05) is 0 Å². The topological polar surface area (TPSA) is 17.1 Å². The van der Waals surface area contributed by atoms with Gasteiger partial charge in [-0.05, 0) is 12.5 Å². The van der Waals surface area contributed by atoms with Gasteiger partial charge in [0.2, 0.25) is 0 Å². The van der Waals surface area contributed by atoms with Gasteiger partial charge in [-0.15, -0.1) is 0 Å². The number of carbonyl (C=O) groups excluding carboxylic acids is 1. The van der Waals surface area contributed by atoms with Gasteiger partial charge in [-0.25, -0.2) is 0 Å². The minimum Gasteiger partial charge on any atom is -0.303 e. The highest BCUT2D eigenvalue weighted by molar-refractivity contribution is 7.19. The van der Waals surface area contributed by atoms with E-state index in [1.54, 1.807) is 0 Å². The third-order valence-corrected chi connectivity index (χ3v) is 3.20. The fourth-order valence-electron chi connectivity index (χ4n) is 0.606. The third kappa shape index (κ3) is 8.18. The molecule has 1 nitrogen and oxygen atoms in total. The van der Waals surface area contributed by atoms with E-state index in [9.17, 15) is 4.79 Å². The predicted molar refractivity (Wildman–Crippen MR) is 43.4 cm³/mol. The molecule has 0 saturated carbocycles. The lowest BCUT2D eigenvalue weighted by atomic mass is 10.4. The van der Waals surface area contributed by atoms with E-state index in [-0.39, 0.29) is 0 Å². The Hall–Kier alpha value is 0.177. The number of halogens is 1. The molecule has 0 aromatic rings. The second kappa shape index (κ2) is 4.07. The Morgan fingerprint density at radius 1 is 1.56 bits per heavy atom. The van der Waals surface area contributed by atoms with Gasteiger partial charge in [0, 0.05) is 6.42 Å². The molecule has 0 aliphatic carbocycles. The Morgan fingerprint density at radius 3 is 2.44 bits per heavy atom. The maximum Gasteiger partial charge on any atom is 0.150 e. The van der Waals surface area contributed by atoms with Crippen LogP contribution in [0.2, 0.25) is 19.1 Å². The normalized spacial score (nSPS) is 11.4. The quantitative estimate of drug-likeness (QED) is 0.270. The number of carbonyl (C=O) groups is 1. The lowest BCUT2D eigenvalue weighted by molar-refractivity contribution is -0.107. The van der Waals surface area contributed by atoms with Crippen LogP contribution in [0.5, 0.6) is 0 Å². The van der Waals surface area contributed by atoms with Crippen LogP contribution in [0.1, 0.15) is 12.8 Å². The van der Waals surface area contributed by atoms with Crippen LogP contribution < -0.4 is 0 Å². The molecular weight excluding hydrogens is 152 g/mol. The fourth-order valence-corrected chi connectivity index (χ4v) is 2.05. The van der Waals surface area contributed by atoms with Crippen LogP contribution in [0.15, 0.2) is 0 Å². The molecule has 0 aliphatic rings. The number of hydrogen-bond acceptors (Lipinski definition) is 1. The van der Waals surface area contributed by atoms with Crippen molar-refractivity contribution in [1.29, 1.82) is 0 Å². The molecule has 0 spiro atoms. The third-order valence-electron chi connectivity index (χ3n) is 1.09. The van der Waals surface area contributed by atoms with Gasteiger partial charge in [-0.3, -0.25) is 0 Å². The summed E-state index contributed by atoms with van der Waals surface area (Å²) in [6.45, 7) is 4.19. The van der Waals surface area contributed by atoms with Crippen LogP contribution in [0.4, 0.5) is 0 Å². The van der Waals surface area contributed by atoms with Crippen LogP contribution in [0.25, 0.3) is 0 Å². The molecule has 0 saturated heterocycles. The summed E-state index contributed by atoms with van der Waals surface area (Å²) in [7, 11) is -1.38. The summed E-state index contributed by atoms with van der Waals surface area (Å²) in [5.41, 5.74) is 0. The Labute approximate surface area is 62.1 Å². The van der Waals surface area contributed by atoms with Crippen molar-refractivity contribution in [3.63, 3.8) is 0 Å². The monoisotopic (exact) mass is 164 g/mol. The maximum atomic E-state index is 9.86. The summed E-state index contributed by atoms with van der Waals surface area (Å²) in [6.07, 6.45) is 2.59. The van der Waals surface area contributed by atoms with Crippen molar-refractivity contribution in [2.75, 3.05) is 0 Å². The Bertz CT molecular complexity index is 87.5. The molecule has 0 radical (unpaired) electrons. The van der Waals surface area contributed by atoms with Crippen LogP contribution in [-0.4, -0.2) is 13.7 Å². The highest BCUT2D eigenvalue weighted by atomic mass is 35.6. The fraction of sp³-hybridized carbons (Fsp3) is 0.833. The van der Waals surface area contributed by atoms with Crippen molar-refractivity contribution in [3.05, 3.63) is 0 Å². The van der Waals surface area contributed by atoms with Crippen molar-refractivity contribution in [2.24, 2.45) is 0 Å². The van der Waals surface area contributed by atoms with Crippen LogP contribution in [0.3, 0.4) is 0 Å². The van der Waals surface area contributed by atoms with E-state index in [0.29, 0.717) is 6.42 Å². The van der Waals surface area contributed by atoms with Crippen LogP contribution >= 0.6 is 11.1 Å². The molecule has 0 aliphatic heterocycles. The van der Waals surface area contributed by atoms with Gasteiger partial charge in [0.15, 0.2) is 7.38 Å². The summed E-state index contributed by atoms with van der Waals surface area (Å²) in [4.78, 5) is 9.86. The van der Waals surface area contributed by atoms with Crippen molar-refractivity contribution >= 4 is 24.7 Å². The van der Waals surface area contributed by atoms with E-state index in [1.165, 1.54) is 0 Å². The first-order valence-electron chi connectivity index (χ1n) is 3.19. The van der Waals surface area contributed by atoms with E-state index in [2.05, 4.69) is 13.1 Å². The summed E-state index contributed by atoms with van der Waals surface area (Å²) >= 11 is 5.99. The molecule has 0 unspecified atom stereocenters. The smallest absolute Gasteiger partial charge is 0.150 e. The summed E-state index contributed by atoms with van der Waals surface area (Å²) in [5.74, 6) is 0. The van der Waals surface area contributed by atoms with E-state index < -0.39 is 7.38 Å². The summed E-state index contributed by atoms with van der Waals surface area (Å²) < 4.78 is 0. The lowest BCUT2D eigenvalue weighted by Crippen LogP contribution is -2.14. The molecule has 0 bridgehead atoms. The first-order valence-corrected chi connectivity index (χ1v) is 7.41. The standard InChI is InChI=1S/C6H13ClOSi/c1-9(2,7)6-4-3-5-8/h5H,3-4,6H2,1-2H3. The van der Waals surface area contributed by atoms with Crippen LogP contribution in [-0.2, 0) is 4.79 Å². The minimum atomic E-state index is -1.38. The summed E-state index contributed by atoms with van der Waals surface area (Å²) in [6, 6.07) is 1.05. The van der Waals surface area contributed by atoms with E-state index >= 15 is 0 Å². The number of rotatable bonds is 4. The van der Waals surface area contributed by atoms with Gasteiger partial charge in [0.25, 0.3) is 0 Å². The van der Waals surface area contributed by atoms with E-state index in [0.717, 1.165) is 18.8 Å². The zero-order chi connectivity index (χ0) is 7.33. The Kier molecular flexibility index (Phi) is 4.15. The van der Waals surface area contributed by atoms with Gasteiger partial charge in [0.05, 0.1) is 0 Å². The highest BCUT2D eigenvalue weighted by Gasteiger charge is 2.14. The number of aldehydes is 1. The zero-order valence-electron chi connectivity index (χ0n) is 5.98. The Balaban J connectivity index is 3.17. The highest BCUT2D eigenvalue weighted by Crippen LogP contribution is 2.16. The molecule has 0 heterocycles. The molecule has 0 N–H and O–H groups in total. The first kappa shape index (κ1) is 9.18. The molecule has 0 rings (SSSR count). The van der Waals surface area contributed by atoms with Crippen molar-refractivity contribution in [1.82, 2.24) is 0 Å². The van der Waals surface area contributed by atoms with Crippen molar-refractivity contribution < 1.29 is 4.79 Å². The van der Waals surface area contributed by atoms with Crippen LogP contribution in [0, 0.1) is 0 Å².